The van der Waals surface area contributed by atoms with Gasteiger partial charge in [0.25, 0.3) is 0 Å². The van der Waals surface area contributed by atoms with Crippen LogP contribution in [0.5, 0.6) is 0 Å². The Morgan fingerprint density at radius 2 is 1.62 bits per heavy atom. The molecular weight excluding hydrogens is 398 g/mol. The second-order valence-corrected chi connectivity index (χ2v) is 8.75. The topological polar surface area (TPSA) is 43.9 Å². The van der Waals surface area contributed by atoms with Gasteiger partial charge in [-0.3, -0.25) is 14.5 Å². The minimum Gasteiger partial charge on any atom is -0.342 e. The number of hydrogen-bond acceptors (Lipinski definition) is 3. The van der Waals surface area contributed by atoms with Crippen LogP contribution in [0.2, 0.25) is 0 Å². The summed E-state index contributed by atoms with van der Waals surface area (Å²) in [5, 5.41) is 0. The molecule has 32 heavy (non-hydrogen) atoms. The Morgan fingerprint density at radius 1 is 0.938 bits per heavy atom. The third kappa shape index (κ3) is 6.07. The molecular formula is C27H33N3O2. The van der Waals surface area contributed by atoms with Gasteiger partial charge >= 0.3 is 0 Å². The lowest BCUT2D eigenvalue weighted by molar-refractivity contribution is -0.144. The summed E-state index contributed by atoms with van der Waals surface area (Å²) in [7, 11) is 0. The molecule has 2 amide bonds. The van der Waals surface area contributed by atoms with E-state index in [9.17, 15) is 9.59 Å². The van der Waals surface area contributed by atoms with Gasteiger partial charge in [0, 0.05) is 52.2 Å². The van der Waals surface area contributed by atoms with E-state index < -0.39 is 0 Å². The summed E-state index contributed by atoms with van der Waals surface area (Å²) >= 11 is 0. The summed E-state index contributed by atoms with van der Waals surface area (Å²) in [6, 6.07) is 20.6. The third-order valence-electron chi connectivity index (χ3n) is 6.52. The Kier molecular flexibility index (Phi) is 7.73. The van der Waals surface area contributed by atoms with E-state index in [0.717, 1.165) is 39.1 Å². The normalized spacial score (nSPS) is 20.1. The molecule has 2 heterocycles. The third-order valence-corrected chi connectivity index (χ3v) is 6.52. The van der Waals surface area contributed by atoms with Crippen LogP contribution in [-0.2, 0) is 16.0 Å². The zero-order valence-corrected chi connectivity index (χ0v) is 18.7. The van der Waals surface area contributed by atoms with Crippen LogP contribution in [0.4, 0.5) is 0 Å². The molecule has 0 aromatic heterocycles. The fourth-order valence-corrected chi connectivity index (χ4v) is 4.55. The highest BCUT2D eigenvalue weighted by Gasteiger charge is 2.33. The van der Waals surface area contributed by atoms with Crippen molar-refractivity contribution in [3.05, 3.63) is 77.9 Å². The molecule has 2 aliphatic heterocycles. The number of amides is 2. The van der Waals surface area contributed by atoms with Gasteiger partial charge in [0.05, 0.1) is 5.92 Å². The molecule has 2 saturated heterocycles. The molecule has 4 rings (SSSR count). The largest absolute Gasteiger partial charge is 0.342 e. The van der Waals surface area contributed by atoms with E-state index >= 15 is 0 Å². The van der Waals surface area contributed by atoms with E-state index in [1.807, 2.05) is 46.2 Å². The molecule has 0 saturated carbocycles. The van der Waals surface area contributed by atoms with Crippen LogP contribution in [0.3, 0.4) is 0 Å². The molecule has 2 aliphatic rings. The highest BCUT2D eigenvalue weighted by molar-refractivity contribution is 5.84. The van der Waals surface area contributed by atoms with Gasteiger partial charge in [0.1, 0.15) is 0 Å². The predicted molar refractivity (Wildman–Crippen MR) is 128 cm³/mol. The summed E-state index contributed by atoms with van der Waals surface area (Å²) in [5.41, 5.74) is 2.44. The van der Waals surface area contributed by atoms with Crippen LogP contribution in [0, 0.1) is 5.92 Å². The highest BCUT2D eigenvalue weighted by atomic mass is 16.2. The van der Waals surface area contributed by atoms with Crippen molar-refractivity contribution in [2.45, 2.75) is 19.3 Å². The molecule has 0 aliphatic carbocycles. The summed E-state index contributed by atoms with van der Waals surface area (Å²) in [6.45, 7) is 5.49. The number of piperidine rings is 1. The molecule has 168 valence electrons. The van der Waals surface area contributed by atoms with Crippen LogP contribution < -0.4 is 0 Å². The van der Waals surface area contributed by atoms with Crippen LogP contribution in [0.15, 0.2) is 66.7 Å². The van der Waals surface area contributed by atoms with Gasteiger partial charge in [-0.15, -0.1) is 0 Å². The Bertz CT molecular complexity index is 905. The second-order valence-electron chi connectivity index (χ2n) is 8.75. The van der Waals surface area contributed by atoms with Crippen molar-refractivity contribution in [3.8, 4) is 0 Å². The Hall–Kier alpha value is -2.92. The van der Waals surface area contributed by atoms with E-state index in [1.54, 1.807) is 0 Å². The average Bonchev–Trinajstić information content (AvgIpc) is 2.85. The molecule has 2 aromatic rings. The molecule has 0 spiro atoms. The monoisotopic (exact) mass is 431 g/mol. The summed E-state index contributed by atoms with van der Waals surface area (Å²) < 4.78 is 0. The van der Waals surface area contributed by atoms with Crippen molar-refractivity contribution in [3.63, 3.8) is 0 Å². The number of hydrogen-bond donors (Lipinski definition) is 0. The van der Waals surface area contributed by atoms with Gasteiger partial charge in [-0.2, -0.15) is 0 Å². The van der Waals surface area contributed by atoms with Gasteiger partial charge in [0.2, 0.25) is 11.8 Å². The molecule has 5 nitrogen and oxygen atoms in total. The molecule has 0 unspecified atom stereocenters. The first-order valence-electron chi connectivity index (χ1n) is 11.7. The van der Waals surface area contributed by atoms with Crippen molar-refractivity contribution >= 4 is 17.9 Å². The Balaban J connectivity index is 1.22. The minimum absolute atomic E-state index is 0.0620. The number of carbonyl (C=O) groups excluding carboxylic acids is 2. The standard InChI is InChI=1S/C27H33N3O2/c31-26-14-13-25(22-30(26)17-15-24-10-5-2-6-11-24)27(32)29-20-18-28(19-21-29)16-7-12-23-8-3-1-4-9-23/h1-12,25H,13-22H2/b12-7+/t25-/m1/s1. The van der Waals surface area contributed by atoms with Crippen molar-refractivity contribution in [2.24, 2.45) is 5.92 Å². The lowest BCUT2D eigenvalue weighted by atomic mass is 9.95. The zero-order valence-electron chi connectivity index (χ0n) is 18.7. The molecule has 1 atom stereocenters. The van der Waals surface area contributed by atoms with E-state index in [1.165, 1.54) is 11.1 Å². The second kappa shape index (κ2) is 11.1. The van der Waals surface area contributed by atoms with Crippen molar-refractivity contribution < 1.29 is 9.59 Å². The van der Waals surface area contributed by atoms with Gasteiger partial charge in [-0.05, 0) is 24.0 Å². The first-order valence-corrected chi connectivity index (χ1v) is 11.7. The molecule has 0 N–H and O–H groups in total. The molecule has 0 radical (unpaired) electrons. The van der Waals surface area contributed by atoms with Gasteiger partial charge < -0.3 is 9.80 Å². The first kappa shape index (κ1) is 22.3. The summed E-state index contributed by atoms with van der Waals surface area (Å²) in [5.74, 6) is 0.342. The number of carbonyl (C=O) groups is 2. The SMILES string of the molecule is O=C1CC[C@@H](C(=O)N2CCN(C/C=C/c3ccccc3)CC2)CN1CCc1ccccc1. The Morgan fingerprint density at radius 3 is 2.34 bits per heavy atom. The maximum atomic E-state index is 13.1. The van der Waals surface area contributed by atoms with Crippen molar-refractivity contribution in [1.29, 1.82) is 0 Å². The maximum absolute atomic E-state index is 13.1. The maximum Gasteiger partial charge on any atom is 0.227 e. The quantitative estimate of drug-likeness (QED) is 0.676. The van der Waals surface area contributed by atoms with Crippen LogP contribution >= 0.6 is 0 Å². The van der Waals surface area contributed by atoms with Crippen LogP contribution in [0.1, 0.15) is 24.0 Å². The van der Waals surface area contributed by atoms with Crippen molar-refractivity contribution in [1.82, 2.24) is 14.7 Å². The fraction of sp³-hybridized carbons (Fsp3) is 0.407. The lowest BCUT2D eigenvalue weighted by Crippen LogP contribution is -2.53. The average molecular weight is 432 g/mol. The molecule has 5 heteroatoms. The van der Waals surface area contributed by atoms with Crippen molar-refractivity contribution in [2.75, 3.05) is 45.8 Å². The minimum atomic E-state index is -0.0620. The van der Waals surface area contributed by atoms with E-state index in [0.29, 0.717) is 25.9 Å². The number of piperazine rings is 1. The van der Waals surface area contributed by atoms with Gasteiger partial charge in [0.15, 0.2) is 0 Å². The van der Waals surface area contributed by atoms with E-state index in [4.69, 9.17) is 0 Å². The number of rotatable bonds is 7. The van der Waals surface area contributed by atoms with Crippen LogP contribution in [0.25, 0.3) is 6.08 Å². The van der Waals surface area contributed by atoms with E-state index in [2.05, 4.69) is 41.3 Å². The summed E-state index contributed by atoms with van der Waals surface area (Å²) in [6.07, 6.45) is 6.35. The molecule has 2 aromatic carbocycles. The first-order chi connectivity index (χ1) is 15.7. The number of likely N-dealkylation sites (tertiary alicyclic amines) is 1. The molecule has 0 bridgehead atoms. The number of benzene rings is 2. The summed E-state index contributed by atoms with van der Waals surface area (Å²) in [4.78, 5) is 31.8. The Labute approximate surface area is 191 Å². The zero-order chi connectivity index (χ0) is 22.2. The molecule has 2 fully saturated rings. The lowest BCUT2D eigenvalue weighted by Gasteiger charge is -2.38. The van der Waals surface area contributed by atoms with Gasteiger partial charge in [-0.1, -0.05) is 72.8 Å². The fourth-order valence-electron chi connectivity index (χ4n) is 4.55. The van der Waals surface area contributed by atoms with Gasteiger partial charge in [-0.25, -0.2) is 0 Å². The highest BCUT2D eigenvalue weighted by Crippen LogP contribution is 2.21. The van der Waals surface area contributed by atoms with Crippen LogP contribution in [-0.4, -0.2) is 72.3 Å². The number of nitrogens with zero attached hydrogens (tertiary/aromatic N) is 3. The smallest absolute Gasteiger partial charge is 0.227 e. The predicted octanol–water partition coefficient (Wildman–Crippen LogP) is 3.33. The van der Waals surface area contributed by atoms with E-state index in [-0.39, 0.29) is 17.7 Å².